The van der Waals surface area contributed by atoms with E-state index in [4.69, 9.17) is 5.84 Å². The molecule has 2 rings (SSSR count). The fourth-order valence-electron chi connectivity index (χ4n) is 2.64. The number of benzene rings is 2. The van der Waals surface area contributed by atoms with Crippen LogP contribution in [0.5, 0.6) is 0 Å². The van der Waals surface area contributed by atoms with E-state index in [0.29, 0.717) is 5.92 Å². The van der Waals surface area contributed by atoms with E-state index in [-0.39, 0.29) is 6.04 Å². The summed E-state index contributed by atoms with van der Waals surface area (Å²) in [6.07, 6.45) is 2.02. The van der Waals surface area contributed by atoms with E-state index >= 15 is 0 Å². The Bertz CT molecular complexity index is 467. The minimum absolute atomic E-state index is 0.259. The predicted molar refractivity (Wildman–Crippen MR) is 80.7 cm³/mol. The molecule has 2 aromatic rings. The van der Waals surface area contributed by atoms with E-state index < -0.39 is 0 Å². The molecule has 0 fully saturated rings. The summed E-state index contributed by atoms with van der Waals surface area (Å²) in [5, 5.41) is 0. The van der Waals surface area contributed by atoms with E-state index in [0.717, 1.165) is 12.8 Å². The lowest BCUT2D eigenvalue weighted by atomic mass is 9.86. The van der Waals surface area contributed by atoms with Crippen molar-refractivity contribution in [2.24, 2.45) is 5.84 Å². The Balaban J connectivity index is 2.15. The Kier molecular flexibility index (Phi) is 5.13. The van der Waals surface area contributed by atoms with Crippen molar-refractivity contribution in [1.29, 1.82) is 0 Å². The second kappa shape index (κ2) is 7.07. The lowest BCUT2D eigenvalue weighted by Crippen LogP contribution is -2.41. The number of hydrogen-bond donors (Lipinski definition) is 2. The molecule has 0 aliphatic rings. The van der Waals surface area contributed by atoms with Gasteiger partial charge in [0.05, 0.1) is 0 Å². The van der Waals surface area contributed by atoms with Crippen molar-refractivity contribution in [3.05, 3.63) is 71.8 Å². The summed E-state index contributed by atoms with van der Waals surface area (Å²) in [5.74, 6) is 6.22. The number of hydrogen-bond acceptors (Lipinski definition) is 2. The van der Waals surface area contributed by atoms with E-state index in [1.807, 2.05) is 6.07 Å². The first-order valence-electron chi connectivity index (χ1n) is 6.90. The summed E-state index contributed by atoms with van der Waals surface area (Å²) >= 11 is 0. The molecule has 0 amide bonds. The van der Waals surface area contributed by atoms with Gasteiger partial charge in [0, 0.05) is 12.0 Å². The molecule has 0 radical (unpaired) electrons. The maximum absolute atomic E-state index is 5.78. The Hall–Kier alpha value is -1.64. The van der Waals surface area contributed by atoms with Crippen LogP contribution in [0.3, 0.4) is 0 Å². The van der Waals surface area contributed by atoms with Gasteiger partial charge in [-0.25, -0.2) is 0 Å². The molecule has 0 bridgehead atoms. The Labute approximate surface area is 115 Å². The Morgan fingerprint density at radius 1 is 0.947 bits per heavy atom. The summed E-state index contributed by atoms with van der Waals surface area (Å²) in [6.45, 7) is 2.22. The summed E-state index contributed by atoms with van der Waals surface area (Å²) in [5.41, 5.74) is 5.67. The number of nitrogens with two attached hydrogens (primary N) is 1. The van der Waals surface area contributed by atoms with Crippen LogP contribution < -0.4 is 11.3 Å². The molecule has 0 aliphatic heterocycles. The number of hydrazine groups is 1. The third-order valence-corrected chi connectivity index (χ3v) is 3.67. The van der Waals surface area contributed by atoms with Gasteiger partial charge in [-0.05, 0) is 24.0 Å². The summed E-state index contributed by atoms with van der Waals surface area (Å²) in [6, 6.07) is 21.4. The SMILES string of the molecule is CCC(c1ccccc1)C(Cc1ccccc1)NN. The Morgan fingerprint density at radius 3 is 2.05 bits per heavy atom. The lowest BCUT2D eigenvalue weighted by molar-refractivity contribution is 0.427. The van der Waals surface area contributed by atoms with Crippen LogP contribution in [0.15, 0.2) is 60.7 Å². The molecule has 3 N–H and O–H groups in total. The average Bonchev–Trinajstić information content (AvgIpc) is 2.49. The maximum Gasteiger partial charge on any atom is 0.0319 e. The average molecular weight is 254 g/mol. The van der Waals surface area contributed by atoms with E-state index in [9.17, 15) is 0 Å². The molecule has 0 heterocycles. The molecule has 0 saturated carbocycles. The van der Waals surface area contributed by atoms with Gasteiger partial charge in [-0.1, -0.05) is 67.6 Å². The topological polar surface area (TPSA) is 38.0 Å². The van der Waals surface area contributed by atoms with Gasteiger partial charge in [-0.3, -0.25) is 11.3 Å². The van der Waals surface area contributed by atoms with E-state index in [1.165, 1.54) is 11.1 Å². The van der Waals surface area contributed by atoms with Gasteiger partial charge in [0.1, 0.15) is 0 Å². The zero-order valence-electron chi connectivity index (χ0n) is 11.4. The highest BCUT2D eigenvalue weighted by Crippen LogP contribution is 2.25. The quantitative estimate of drug-likeness (QED) is 0.613. The van der Waals surface area contributed by atoms with Crippen molar-refractivity contribution in [2.45, 2.75) is 31.7 Å². The monoisotopic (exact) mass is 254 g/mol. The largest absolute Gasteiger partial charge is 0.271 e. The number of rotatable bonds is 6. The van der Waals surface area contributed by atoms with Crippen molar-refractivity contribution in [3.8, 4) is 0 Å². The third-order valence-electron chi connectivity index (χ3n) is 3.67. The van der Waals surface area contributed by atoms with Crippen LogP contribution in [0.2, 0.25) is 0 Å². The van der Waals surface area contributed by atoms with Crippen molar-refractivity contribution >= 4 is 0 Å². The highest BCUT2D eigenvalue weighted by molar-refractivity contribution is 5.23. The molecule has 0 aromatic heterocycles. The molecule has 100 valence electrons. The van der Waals surface area contributed by atoms with Crippen LogP contribution in [-0.4, -0.2) is 6.04 Å². The molecule has 0 aliphatic carbocycles. The van der Waals surface area contributed by atoms with Crippen molar-refractivity contribution in [3.63, 3.8) is 0 Å². The molecule has 2 nitrogen and oxygen atoms in total. The smallest absolute Gasteiger partial charge is 0.0319 e. The summed E-state index contributed by atoms with van der Waals surface area (Å²) in [4.78, 5) is 0. The molecular weight excluding hydrogens is 232 g/mol. The van der Waals surface area contributed by atoms with E-state index in [1.54, 1.807) is 0 Å². The number of nitrogens with one attached hydrogen (secondary N) is 1. The van der Waals surface area contributed by atoms with Gasteiger partial charge in [-0.2, -0.15) is 0 Å². The second-order valence-corrected chi connectivity index (χ2v) is 4.89. The second-order valence-electron chi connectivity index (χ2n) is 4.89. The van der Waals surface area contributed by atoms with E-state index in [2.05, 4.69) is 66.9 Å². The fourth-order valence-corrected chi connectivity index (χ4v) is 2.64. The highest BCUT2D eigenvalue weighted by atomic mass is 15.2. The maximum atomic E-state index is 5.78. The highest BCUT2D eigenvalue weighted by Gasteiger charge is 2.20. The first kappa shape index (κ1) is 13.8. The normalized spacial score (nSPS) is 14.0. The minimum atomic E-state index is 0.259. The molecule has 0 saturated heterocycles. The van der Waals surface area contributed by atoms with Crippen LogP contribution in [0.4, 0.5) is 0 Å². The van der Waals surface area contributed by atoms with Gasteiger partial charge in [0.25, 0.3) is 0 Å². The predicted octanol–water partition coefficient (Wildman–Crippen LogP) is 3.25. The van der Waals surface area contributed by atoms with Crippen LogP contribution in [0.1, 0.15) is 30.4 Å². The molecule has 2 atom stereocenters. The molecule has 19 heavy (non-hydrogen) atoms. The Morgan fingerprint density at radius 2 is 1.53 bits per heavy atom. The standard InChI is InChI=1S/C17H22N2/c1-2-16(15-11-7-4-8-12-15)17(19-18)13-14-9-5-3-6-10-14/h3-12,16-17,19H,2,13,18H2,1H3. The fraction of sp³-hybridized carbons (Fsp3) is 0.294. The summed E-state index contributed by atoms with van der Waals surface area (Å²) < 4.78 is 0. The summed E-state index contributed by atoms with van der Waals surface area (Å²) in [7, 11) is 0. The van der Waals surface area contributed by atoms with Crippen LogP contribution in [-0.2, 0) is 6.42 Å². The van der Waals surface area contributed by atoms with Gasteiger partial charge < -0.3 is 0 Å². The van der Waals surface area contributed by atoms with Gasteiger partial charge >= 0.3 is 0 Å². The van der Waals surface area contributed by atoms with Crippen LogP contribution in [0.25, 0.3) is 0 Å². The first-order chi connectivity index (χ1) is 9.35. The zero-order valence-corrected chi connectivity index (χ0v) is 11.4. The van der Waals surface area contributed by atoms with Gasteiger partial charge in [0.15, 0.2) is 0 Å². The first-order valence-corrected chi connectivity index (χ1v) is 6.90. The molecule has 0 spiro atoms. The molecular formula is C17H22N2. The lowest BCUT2D eigenvalue weighted by Gasteiger charge is -2.26. The van der Waals surface area contributed by atoms with Crippen LogP contribution >= 0.6 is 0 Å². The van der Waals surface area contributed by atoms with Crippen molar-refractivity contribution in [2.75, 3.05) is 0 Å². The minimum Gasteiger partial charge on any atom is -0.271 e. The third kappa shape index (κ3) is 3.66. The van der Waals surface area contributed by atoms with Crippen molar-refractivity contribution in [1.82, 2.24) is 5.43 Å². The molecule has 2 heteroatoms. The van der Waals surface area contributed by atoms with Gasteiger partial charge in [-0.15, -0.1) is 0 Å². The van der Waals surface area contributed by atoms with Crippen LogP contribution in [0, 0.1) is 0 Å². The van der Waals surface area contributed by atoms with Crippen molar-refractivity contribution < 1.29 is 0 Å². The molecule has 2 aromatic carbocycles. The van der Waals surface area contributed by atoms with Gasteiger partial charge in [0.2, 0.25) is 0 Å². The zero-order chi connectivity index (χ0) is 13.5. The molecule has 2 unspecified atom stereocenters.